The Hall–Kier alpha value is -1.40. The van der Waals surface area contributed by atoms with Gasteiger partial charge >= 0.3 is 0 Å². The molecule has 0 saturated heterocycles. The molecule has 16 heavy (non-hydrogen) atoms. The van der Waals surface area contributed by atoms with E-state index >= 15 is 0 Å². The Morgan fingerprint density at radius 3 is 2.88 bits per heavy atom. The molecule has 0 aromatic carbocycles. The molecule has 0 radical (unpaired) electrons. The quantitative estimate of drug-likeness (QED) is 0.846. The lowest BCUT2D eigenvalue weighted by Crippen LogP contribution is -1.97. The highest BCUT2D eigenvalue weighted by Gasteiger charge is 2.06. The van der Waals surface area contributed by atoms with E-state index in [0.717, 1.165) is 10.1 Å². The average molecular weight is 236 g/mol. The maximum atomic E-state index is 9.58. The third-order valence-corrected chi connectivity index (χ3v) is 2.96. The Labute approximate surface area is 97.3 Å². The topological polar surface area (TPSA) is 74.7 Å². The van der Waals surface area contributed by atoms with Crippen LogP contribution in [0.2, 0.25) is 0 Å². The SMILES string of the molecule is CC[C@H](O)c1ccc(Sc2ncn[nH]2)cn1. The van der Waals surface area contributed by atoms with Gasteiger partial charge in [-0.15, -0.1) is 0 Å². The van der Waals surface area contributed by atoms with Gasteiger partial charge in [-0.05, 0) is 30.3 Å². The minimum atomic E-state index is -0.482. The number of rotatable bonds is 4. The van der Waals surface area contributed by atoms with Gasteiger partial charge in [-0.1, -0.05) is 6.92 Å². The van der Waals surface area contributed by atoms with Crippen molar-refractivity contribution in [1.29, 1.82) is 0 Å². The van der Waals surface area contributed by atoms with Crippen LogP contribution in [0.1, 0.15) is 25.1 Å². The summed E-state index contributed by atoms with van der Waals surface area (Å²) < 4.78 is 0. The highest BCUT2D eigenvalue weighted by Crippen LogP contribution is 2.24. The molecule has 0 aliphatic rings. The van der Waals surface area contributed by atoms with Gasteiger partial charge in [0, 0.05) is 11.1 Å². The van der Waals surface area contributed by atoms with Crippen LogP contribution in [0.15, 0.2) is 34.7 Å². The zero-order chi connectivity index (χ0) is 11.4. The van der Waals surface area contributed by atoms with Crippen molar-refractivity contribution in [2.75, 3.05) is 0 Å². The second-order valence-electron chi connectivity index (χ2n) is 3.24. The van der Waals surface area contributed by atoms with E-state index in [-0.39, 0.29) is 0 Å². The van der Waals surface area contributed by atoms with Crippen molar-refractivity contribution in [1.82, 2.24) is 20.2 Å². The zero-order valence-corrected chi connectivity index (χ0v) is 9.61. The summed E-state index contributed by atoms with van der Waals surface area (Å²) in [4.78, 5) is 9.16. The number of nitrogens with one attached hydrogen (secondary N) is 1. The van der Waals surface area contributed by atoms with Crippen molar-refractivity contribution in [3.63, 3.8) is 0 Å². The van der Waals surface area contributed by atoms with E-state index in [2.05, 4.69) is 20.2 Å². The summed E-state index contributed by atoms with van der Waals surface area (Å²) >= 11 is 1.45. The molecule has 0 aliphatic heterocycles. The lowest BCUT2D eigenvalue weighted by atomic mass is 10.2. The van der Waals surface area contributed by atoms with Crippen LogP contribution in [-0.4, -0.2) is 25.3 Å². The third-order valence-electron chi connectivity index (χ3n) is 2.09. The summed E-state index contributed by atoms with van der Waals surface area (Å²) in [7, 11) is 0. The second-order valence-corrected chi connectivity index (χ2v) is 4.30. The van der Waals surface area contributed by atoms with E-state index in [1.807, 2.05) is 19.1 Å². The number of pyridine rings is 1. The van der Waals surface area contributed by atoms with Crippen LogP contribution in [0.5, 0.6) is 0 Å². The van der Waals surface area contributed by atoms with Crippen LogP contribution in [0.4, 0.5) is 0 Å². The molecule has 84 valence electrons. The van der Waals surface area contributed by atoms with Crippen LogP contribution >= 0.6 is 11.8 Å². The van der Waals surface area contributed by atoms with Crippen LogP contribution in [0.25, 0.3) is 0 Å². The fraction of sp³-hybridized carbons (Fsp3) is 0.300. The van der Waals surface area contributed by atoms with E-state index < -0.39 is 6.10 Å². The summed E-state index contributed by atoms with van der Waals surface area (Å²) in [5.41, 5.74) is 0.699. The highest BCUT2D eigenvalue weighted by atomic mass is 32.2. The smallest absolute Gasteiger partial charge is 0.188 e. The largest absolute Gasteiger partial charge is 0.387 e. The normalized spacial score (nSPS) is 12.6. The van der Waals surface area contributed by atoms with Crippen LogP contribution in [-0.2, 0) is 0 Å². The molecule has 2 heterocycles. The van der Waals surface area contributed by atoms with E-state index in [1.54, 1.807) is 6.20 Å². The van der Waals surface area contributed by atoms with Gasteiger partial charge in [0.05, 0.1) is 11.8 Å². The number of aromatic amines is 1. The molecule has 2 aromatic heterocycles. The lowest BCUT2D eigenvalue weighted by molar-refractivity contribution is 0.169. The molecule has 0 saturated carbocycles. The van der Waals surface area contributed by atoms with Crippen LogP contribution < -0.4 is 0 Å². The molecule has 0 aliphatic carbocycles. The Balaban J connectivity index is 2.07. The Morgan fingerprint density at radius 1 is 1.44 bits per heavy atom. The number of aliphatic hydroxyl groups excluding tert-OH is 1. The molecule has 0 unspecified atom stereocenters. The Kier molecular flexibility index (Phi) is 3.53. The summed E-state index contributed by atoms with van der Waals surface area (Å²) in [6.45, 7) is 1.92. The van der Waals surface area contributed by atoms with Crippen LogP contribution in [0, 0.1) is 0 Å². The molecule has 0 spiro atoms. The molecular weight excluding hydrogens is 224 g/mol. The number of aromatic nitrogens is 4. The van der Waals surface area contributed by atoms with Gasteiger partial charge < -0.3 is 5.11 Å². The molecule has 0 bridgehead atoms. The van der Waals surface area contributed by atoms with Crippen molar-refractivity contribution < 1.29 is 5.11 Å². The monoisotopic (exact) mass is 236 g/mol. The van der Waals surface area contributed by atoms with E-state index in [9.17, 15) is 5.11 Å². The van der Waals surface area contributed by atoms with E-state index in [0.29, 0.717) is 12.1 Å². The van der Waals surface area contributed by atoms with Gasteiger partial charge in [0.1, 0.15) is 6.33 Å². The molecular formula is C10H12N4OS. The lowest BCUT2D eigenvalue weighted by Gasteiger charge is -2.06. The first kappa shape index (κ1) is 11.1. The molecule has 2 aromatic rings. The van der Waals surface area contributed by atoms with E-state index in [1.165, 1.54) is 18.1 Å². The first-order valence-electron chi connectivity index (χ1n) is 4.97. The minimum absolute atomic E-state index is 0.482. The molecule has 0 amide bonds. The number of aliphatic hydroxyl groups is 1. The van der Waals surface area contributed by atoms with Gasteiger partial charge in [-0.25, -0.2) is 4.98 Å². The maximum absolute atomic E-state index is 9.58. The fourth-order valence-corrected chi connectivity index (χ4v) is 1.88. The molecule has 2 rings (SSSR count). The number of H-pyrrole nitrogens is 1. The van der Waals surface area contributed by atoms with Gasteiger partial charge in [-0.3, -0.25) is 10.1 Å². The molecule has 2 N–H and O–H groups in total. The summed E-state index contributed by atoms with van der Waals surface area (Å²) in [5, 5.41) is 16.8. The van der Waals surface area contributed by atoms with Crippen molar-refractivity contribution in [2.45, 2.75) is 29.5 Å². The summed E-state index contributed by atoms with van der Waals surface area (Å²) in [6, 6.07) is 3.74. The molecule has 6 heteroatoms. The van der Waals surface area contributed by atoms with Gasteiger partial charge in [0.25, 0.3) is 0 Å². The third kappa shape index (κ3) is 2.59. The van der Waals surface area contributed by atoms with Crippen LogP contribution in [0.3, 0.4) is 0 Å². The number of nitrogens with zero attached hydrogens (tertiary/aromatic N) is 3. The predicted octanol–water partition coefficient (Wildman–Crippen LogP) is 1.79. The van der Waals surface area contributed by atoms with Crippen molar-refractivity contribution in [3.8, 4) is 0 Å². The average Bonchev–Trinajstić information content (AvgIpc) is 2.82. The van der Waals surface area contributed by atoms with Crippen molar-refractivity contribution in [3.05, 3.63) is 30.4 Å². The zero-order valence-electron chi connectivity index (χ0n) is 8.79. The van der Waals surface area contributed by atoms with Gasteiger partial charge in [0.15, 0.2) is 5.16 Å². The molecule has 1 atom stereocenters. The molecule has 0 fully saturated rings. The van der Waals surface area contributed by atoms with E-state index in [4.69, 9.17) is 0 Å². The van der Waals surface area contributed by atoms with Crippen molar-refractivity contribution >= 4 is 11.8 Å². The highest BCUT2D eigenvalue weighted by molar-refractivity contribution is 7.99. The van der Waals surface area contributed by atoms with Crippen molar-refractivity contribution in [2.24, 2.45) is 0 Å². The Bertz CT molecular complexity index is 429. The minimum Gasteiger partial charge on any atom is -0.387 e. The molecule has 5 nitrogen and oxygen atoms in total. The van der Waals surface area contributed by atoms with Gasteiger partial charge in [-0.2, -0.15) is 5.10 Å². The number of hydrogen-bond donors (Lipinski definition) is 2. The first-order valence-corrected chi connectivity index (χ1v) is 5.78. The first-order chi connectivity index (χ1) is 7.79. The Morgan fingerprint density at radius 2 is 2.31 bits per heavy atom. The standard InChI is InChI=1S/C10H12N4OS/c1-2-9(15)8-4-3-7(5-11-8)16-10-12-6-13-14-10/h3-6,9,15H,2H2,1H3,(H,12,13,14)/t9-/m0/s1. The summed E-state index contributed by atoms with van der Waals surface area (Å²) in [5.74, 6) is 0. The summed E-state index contributed by atoms with van der Waals surface area (Å²) in [6.07, 6.45) is 3.37. The van der Waals surface area contributed by atoms with Gasteiger partial charge in [0.2, 0.25) is 0 Å². The second kappa shape index (κ2) is 5.09. The number of hydrogen-bond acceptors (Lipinski definition) is 5. The maximum Gasteiger partial charge on any atom is 0.188 e. The fourth-order valence-electron chi connectivity index (χ4n) is 1.21. The predicted molar refractivity (Wildman–Crippen MR) is 60.0 cm³/mol.